The second-order valence-corrected chi connectivity index (χ2v) is 3.92. The summed E-state index contributed by atoms with van der Waals surface area (Å²) in [6.45, 7) is 3.60. The molecule has 8 nitrogen and oxygen atoms in total. The van der Waals surface area contributed by atoms with Crippen molar-refractivity contribution >= 4 is 5.69 Å². The first-order valence-electron chi connectivity index (χ1n) is 5.90. The minimum Gasteiger partial charge on any atom is -0.310 e. The van der Waals surface area contributed by atoms with Crippen LogP contribution >= 0.6 is 0 Å². The van der Waals surface area contributed by atoms with Gasteiger partial charge in [-0.15, -0.1) is 5.10 Å². The minimum atomic E-state index is -0.399. The molecule has 0 aliphatic heterocycles. The number of tetrazole rings is 1. The van der Waals surface area contributed by atoms with Crippen LogP contribution in [-0.4, -0.2) is 31.7 Å². The van der Waals surface area contributed by atoms with Gasteiger partial charge in [0.1, 0.15) is 0 Å². The average Bonchev–Trinajstić information content (AvgIpc) is 2.84. The van der Waals surface area contributed by atoms with Crippen LogP contribution < -0.4 is 5.32 Å². The molecule has 0 saturated heterocycles. The van der Waals surface area contributed by atoms with E-state index >= 15 is 0 Å². The van der Waals surface area contributed by atoms with Crippen molar-refractivity contribution in [1.82, 2.24) is 25.5 Å². The van der Waals surface area contributed by atoms with E-state index < -0.39 is 4.92 Å². The van der Waals surface area contributed by atoms with Gasteiger partial charge in [-0.2, -0.15) is 0 Å². The van der Waals surface area contributed by atoms with E-state index in [1.807, 2.05) is 6.92 Å². The van der Waals surface area contributed by atoms with Crippen LogP contribution in [0.5, 0.6) is 0 Å². The Morgan fingerprint density at radius 1 is 1.42 bits per heavy atom. The Hall–Kier alpha value is -2.35. The molecule has 2 aromatic rings. The van der Waals surface area contributed by atoms with Gasteiger partial charge >= 0.3 is 0 Å². The zero-order chi connectivity index (χ0) is 13.7. The van der Waals surface area contributed by atoms with Gasteiger partial charge in [-0.05, 0) is 17.0 Å². The highest BCUT2D eigenvalue weighted by Crippen LogP contribution is 2.18. The van der Waals surface area contributed by atoms with E-state index in [-0.39, 0.29) is 12.2 Å². The van der Waals surface area contributed by atoms with Crippen LogP contribution in [0.2, 0.25) is 0 Å². The summed E-state index contributed by atoms with van der Waals surface area (Å²) in [5, 5.41) is 25.4. The fourth-order valence-electron chi connectivity index (χ4n) is 1.69. The first kappa shape index (κ1) is 13.1. The molecule has 0 radical (unpaired) electrons. The molecule has 0 fully saturated rings. The highest BCUT2D eigenvalue weighted by atomic mass is 16.6. The van der Waals surface area contributed by atoms with Crippen LogP contribution in [0.1, 0.15) is 18.3 Å². The molecule has 0 spiro atoms. The van der Waals surface area contributed by atoms with Gasteiger partial charge in [-0.25, -0.2) is 4.68 Å². The first-order valence-corrected chi connectivity index (χ1v) is 5.90. The number of nitrogens with one attached hydrogen (secondary N) is 1. The highest BCUT2D eigenvalue weighted by molar-refractivity contribution is 5.39. The van der Waals surface area contributed by atoms with Gasteiger partial charge in [-0.1, -0.05) is 25.1 Å². The van der Waals surface area contributed by atoms with Gasteiger partial charge in [-0.3, -0.25) is 10.1 Å². The number of aromatic nitrogens is 4. The monoisotopic (exact) mass is 262 g/mol. The lowest BCUT2D eigenvalue weighted by atomic mass is 10.2. The molecule has 0 bridgehead atoms. The molecule has 2 rings (SSSR count). The van der Waals surface area contributed by atoms with E-state index in [1.165, 1.54) is 6.07 Å². The number of para-hydroxylation sites is 1. The van der Waals surface area contributed by atoms with Gasteiger partial charge in [0.2, 0.25) is 0 Å². The van der Waals surface area contributed by atoms with Gasteiger partial charge in [0.15, 0.2) is 5.82 Å². The second kappa shape index (κ2) is 6.01. The Labute approximate surface area is 109 Å². The molecule has 0 unspecified atom stereocenters. The van der Waals surface area contributed by atoms with Crippen molar-refractivity contribution in [3.05, 3.63) is 45.8 Å². The second-order valence-electron chi connectivity index (χ2n) is 3.92. The summed E-state index contributed by atoms with van der Waals surface area (Å²) in [6, 6.07) is 6.58. The number of nitro benzene ring substituents is 1. The molecule has 19 heavy (non-hydrogen) atoms. The molecule has 0 saturated carbocycles. The quantitative estimate of drug-likeness (QED) is 0.609. The maximum atomic E-state index is 10.9. The lowest BCUT2D eigenvalue weighted by molar-refractivity contribution is -0.385. The van der Waals surface area contributed by atoms with Crippen molar-refractivity contribution in [3.8, 4) is 0 Å². The minimum absolute atomic E-state index is 0.0763. The van der Waals surface area contributed by atoms with E-state index in [2.05, 4.69) is 20.8 Å². The van der Waals surface area contributed by atoms with E-state index in [4.69, 9.17) is 0 Å². The normalized spacial score (nSPS) is 10.6. The zero-order valence-corrected chi connectivity index (χ0v) is 10.5. The summed E-state index contributed by atoms with van der Waals surface area (Å²) in [5.74, 6) is 0.653. The molecule has 8 heteroatoms. The zero-order valence-electron chi connectivity index (χ0n) is 10.5. The summed E-state index contributed by atoms with van der Waals surface area (Å²) in [5.41, 5.74) is 0.657. The molecule has 0 amide bonds. The van der Waals surface area contributed by atoms with Crippen molar-refractivity contribution in [2.24, 2.45) is 0 Å². The smallest absolute Gasteiger partial charge is 0.274 e. The Morgan fingerprint density at radius 3 is 2.95 bits per heavy atom. The maximum absolute atomic E-state index is 10.9. The van der Waals surface area contributed by atoms with Crippen molar-refractivity contribution in [2.45, 2.75) is 20.0 Å². The predicted octanol–water partition coefficient (Wildman–Crippen LogP) is 0.739. The van der Waals surface area contributed by atoms with Crippen LogP contribution in [0.4, 0.5) is 5.69 Å². The average molecular weight is 262 g/mol. The van der Waals surface area contributed by atoms with Crippen LogP contribution in [-0.2, 0) is 13.1 Å². The van der Waals surface area contributed by atoms with E-state index in [0.29, 0.717) is 17.9 Å². The fraction of sp³-hybridized carbons (Fsp3) is 0.364. The van der Waals surface area contributed by atoms with Gasteiger partial charge in [0, 0.05) is 6.07 Å². The summed E-state index contributed by atoms with van der Waals surface area (Å²) in [4.78, 5) is 10.5. The first-order chi connectivity index (χ1) is 9.22. The van der Waals surface area contributed by atoms with Crippen LogP contribution in [0, 0.1) is 10.1 Å². The topological polar surface area (TPSA) is 98.8 Å². The van der Waals surface area contributed by atoms with E-state index in [0.717, 1.165) is 6.54 Å². The molecule has 1 aromatic heterocycles. The molecule has 1 aromatic carbocycles. The van der Waals surface area contributed by atoms with E-state index in [9.17, 15) is 10.1 Å². The van der Waals surface area contributed by atoms with Gasteiger partial charge < -0.3 is 5.32 Å². The Balaban J connectivity index is 2.22. The van der Waals surface area contributed by atoms with Crippen molar-refractivity contribution in [3.63, 3.8) is 0 Å². The number of hydrogen-bond acceptors (Lipinski definition) is 6. The standard InChI is InChI=1S/C11H14N6O2/c1-2-12-7-11-13-14-15-16(11)8-9-5-3-4-6-10(9)17(18)19/h3-6,12H,2,7-8H2,1H3. The van der Waals surface area contributed by atoms with Crippen LogP contribution in [0.15, 0.2) is 24.3 Å². The lowest BCUT2D eigenvalue weighted by Gasteiger charge is -2.05. The predicted molar refractivity (Wildman–Crippen MR) is 67.4 cm³/mol. The molecule has 1 heterocycles. The summed E-state index contributed by atoms with van der Waals surface area (Å²) in [7, 11) is 0. The number of nitro groups is 1. The third-order valence-electron chi connectivity index (χ3n) is 2.65. The number of nitrogens with zero attached hydrogens (tertiary/aromatic N) is 5. The molecular weight excluding hydrogens is 248 g/mol. The third-order valence-corrected chi connectivity index (χ3v) is 2.65. The summed E-state index contributed by atoms with van der Waals surface area (Å²) >= 11 is 0. The van der Waals surface area contributed by atoms with Crippen molar-refractivity contribution < 1.29 is 4.92 Å². The fourth-order valence-corrected chi connectivity index (χ4v) is 1.69. The van der Waals surface area contributed by atoms with Crippen molar-refractivity contribution in [1.29, 1.82) is 0 Å². The molecule has 100 valence electrons. The molecular formula is C11H14N6O2. The summed E-state index contributed by atoms with van der Waals surface area (Å²) < 4.78 is 1.56. The molecule has 1 N–H and O–H groups in total. The molecule has 0 aliphatic carbocycles. The van der Waals surface area contributed by atoms with Crippen LogP contribution in [0.25, 0.3) is 0 Å². The van der Waals surface area contributed by atoms with Crippen LogP contribution in [0.3, 0.4) is 0 Å². The Kier molecular flexibility index (Phi) is 4.14. The molecule has 0 aliphatic rings. The third kappa shape index (κ3) is 3.10. The molecule has 0 atom stereocenters. The van der Waals surface area contributed by atoms with Crippen molar-refractivity contribution in [2.75, 3.05) is 6.54 Å². The van der Waals surface area contributed by atoms with Gasteiger partial charge in [0.05, 0.1) is 23.6 Å². The van der Waals surface area contributed by atoms with E-state index in [1.54, 1.807) is 22.9 Å². The SMILES string of the molecule is CCNCc1nnnn1Cc1ccccc1[N+](=O)[O-]. The Morgan fingerprint density at radius 2 is 2.21 bits per heavy atom. The number of rotatable bonds is 6. The lowest BCUT2D eigenvalue weighted by Crippen LogP contribution is -2.17. The number of hydrogen-bond donors (Lipinski definition) is 1. The Bertz CT molecular complexity index is 568. The summed E-state index contributed by atoms with van der Waals surface area (Å²) in [6.07, 6.45) is 0. The van der Waals surface area contributed by atoms with Gasteiger partial charge in [0.25, 0.3) is 5.69 Å². The largest absolute Gasteiger partial charge is 0.310 e. The maximum Gasteiger partial charge on any atom is 0.274 e. The number of benzene rings is 1. The highest BCUT2D eigenvalue weighted by Gasteiger charge is 2.15.